The van der Waals surface area contributed by atoms with E-state index in [4.69, 9.17) is 0 Å². The molecule has 0 spiro atoms. The minimum Gasteiger partial charge on any atom is -0.480 e. The Morgan fingerprint density at radius 1 is 1.22 bits per heavy atom. The van der Waals surface area contributed by atoms with Crippen LogP contribution in [0.4, 0.5) is 0 Å². The number of hydrogen-bond acceptors (Lipinski definition) is 4. The quantitative estimate of drug-likeness (QED) is 0.811. The van der Waals surface area contributed by atoms with E-state index in [-0.39, 0.29) is 24.1 Å². The highest BCUT2D eigenvalue weighted by Gasteiger charge is 2.39. The van der Waals surface area contributed by atoms with Crippen LogP contribution >= 0.6 is 0 Å². The van der Waals surface area contributed by atoms with Gasteiger partial charge in [0, 0.05) is 19.6 Å². The number of rotatable bonds is 4. The van der Waals surface area contributed by atoms with Gasteiger partial charge < -0.3 is 10.0 Å². The number of carboxylic acids is 1. The van der Waals surface area contributed by atoms with Crippen molar-refractivity contribution in [1.29, 1.82) is 0 Å². The van der Waals surface area contributed by atoms with Crippen LogP contribution in [0.5, 0.6) is 0 Å². The standard InChI is InChI=1S/C15H26N2O5S/c1-3-23(21,22)16-7-4-5-12(10-16)14(18)17-8-6-11(2)9-13(17)15(19)20/h11-13H,3-10H2,1-2H3,(H,19,20). The maximum absolute atomic E-state index is 12.8. The molecule has 0 aromatic rings. The van der Waals surface area contributed by atoms with Crippen molar-refractivity contribution in [3.05, 3.63) is 0 Å². The predicted molar refractivity (Wildman–Crippen MR) is 85.3 cm³/mol. The van der Waals surface area contributed by atoms with Gasteiger partial charge >= 0.3 is 5.97 Å². The van der Waals surface area contributed by atoms with Gasteiger partial charge in [-0.3, -0.25) is 4.79 Å². The molecule has 132 valence electrons. The van der Waals surface area contributed by atoms with Crippen LogP contribution in [0.1, 0.15) is 39.5 Å². The maximum Gasteiger partial charge on any atom is 0.326 e. The van der Waals surface area contributed by atoms with Crippen molar-refractivity contribution in [3.63, 3.8) is 0 Å². The average molecular weight is 346 g/mol. The first-order valence-corrected chi connectivity index (χ1v) is 9.88. The van der Waals surface area contributed by atoms with Gasteiger partial charge in [0.25, 0.3) is 0 Å². The third-order valence-electron chi connectivity index (χ3n) is 4.92. The molecule has 2 aliphatic rings. The number of piperidine rings is 2. The Bertz CT molecular complexity index is 562. The van der Waals surface area contributed by atoms with Crippen LogP contribution in [-0.2, 0) is 19.6 Å². The molecule has 0 radical (unpaired) electrons. The molecule has 2 saturated heterocycles. The van der Waals surface area contributed by atoms with Gasteiger partial charge in [-0.2, -0.15) is 0 Å². The van der Waals surface area contributed by atoms with Crippen LogP contribution in [0.2, 0.25) is 0 Å². The summed E-state index contributed by atoms with van der Waals surface area (Å²) in [5, 5.41) is 9.39. The van der Waals surface area contributed by atoms with Crippen LogP contribution in [-0.4, -0.2) is 66.0 Å². The second-order valence-electron chi connectivity index (χ2n) is 6.61. The third kappa shape index (κ3) is 4.03. The molecule has 0 aliphatic carbocycles. The molecule has 1 amide bonds. The summed E-state index contributed by atoms with van der Waals surface area (Å²) < 4.78 is 25.4. The molecule has 0 aromatic carbocycles. The Kier molecular flexibility index (Phi) is 5.67. The monoisotopic (exact) mass is 346 g/mol. The molecule has 2 fully saturated rings. The molecule has 2 rings (SSSR count). The van der Waals surface area contributed by atoms with Crippen molar-refractivity contribution < 1.29 is 23.1 Å². The average Bonchev–Trinajstić information content (AvgIpc) is 2.54. The van der Waals surface area contributed by atoms with Crippen LogP contribution in [0, 0.1) is 11.8 Å². The summed E-state index contributed by atoms with van der Waals surface area (Å²) in [4.78, 5) is 25.7. The third-order valence-corrected chi connectivity index (χ3v) is 6.77. The second kappa shape index (κ2) is 7.17. The minimum absolute atomic E-state index is 0.0207. The number of amides is 1. The topological polar surface area (TPSA) is 95.0 Å². The number of aliphatic carboxylic acids is 1. The number of nitrogens with zero attached hydrogens (tertiary/aromatic N) is 2. The molecule has 3 unspecified atom stereocenters. The van der Waals surface area contributed by atoms with E-state index in [1.807, 2.05) is 6.92 Å². The summed E-state index contributed by atoms with van der Waals surface area (Å²) in [7, 11) is -3.31. The molecule has 0 aromatic heterocycles. The fraction of sp³-hybridized carbons (Fsp3) is 0.867. The van der Waals surface area contributed by atoms with Crippen molar-refractivity contribution in [3.8, 4) is 0 Å². The molecule has 0 saturated carbocycles. The molecule has 3 atom stereocenters. The fourth-order valence-corrected chi connectivity index (χ4v) is 4.63. The van der Waals surface area contributed by atoms with E-state index in [1.54, 1.807) is 6.92 Å². The maximum atomic E-state index is 12.8. The molecule has 7 nitrogen and oxygen atoms in total. The van der Waals surface area contributed by atoms with E-state index >= 15 is 0 Å². The van der Waals surface area contributed by atoms with Crippen molar-refractivity contribution in [2.45, 2.75) is 45.6 Å². The first-order valence-electron chi connectivity index (χ1n) is 8.27. The number of hydrogen-bond donors (Lipinski definition) is 1. The van der Waals surface area contributed by atoms with Crippen LogP contribution in [0.15, 0.2) is 0 Å². The lowest BCUT2D eigenvalue weighted by molar-refractivity contribution is -0.155. The highest BCUT2D eigenvalue weighted by atomic mass is 32.2. The number of sulfonamides is 1. The lowest BCUT2D eigenvalue weighted by atomic mass is 9.90. The van der Waals surface area contributed by atoms with Crippen LogP contribution in [0.3, 0.4) is 0 Å². The van der Waals surface area contributed by atoms with Gasteiger partial charge in [-0.25, -0.2) is 17.5 Å². The molecular weight excluding hydrogens is 320 g/mol. The smallest absolute Gasteiger partial charge is 0.326 e. The normalized spacial score (nSPS) is 30.2. The molecular formula is C15H26N2O5S. The van der Waals surface area contributed by atoms with E-state index in [2.05, 4.69) is 0 Å². The van der Waals surface area contributed by atoms with E-state index in [0.717, 1.165) is 6.42 Å². The number of likely N-dealkylation sites (tertiary alicyclic amines) is 1. The van der Waals surface area contributed by atoms with Gasteiger partial charge in [-0.15, -0.1) is 0 Å². The lowest BCUT2D eigenvalue weighted by Crippen LogP contribution is -2.54. The summed E-state index contributed by atoms with van der Waals surface area (Å²) >= 11 is 0. The molecule has 1 N–H and O–H groups in total. The summed E-state index contributed by atoms with van der Waals surface area (Å²) in [6.45, 7) is 4.64. The zero-order valence-electron chi connectivity index (χ0n) is 13.8. The minimum atomic E-state index is -3.31. The van der Waals surface area contributed by atoms with Crippen LogP contribution in [0.25, 0.3) is 0 Å². The molecule has 8 heteroatoms. The highest BCUT2D eigenvalue weighted by molar-refractivity contribution is 7.89. The summed E-state index contributed by atoms with van der Waals surface area (Å²) in [6, 6.07) is -0.788. The summed E-state index contributed by atoms with van der Waals surface area (Å²) in [5.74, 6) is -1.31. The number of carbonyl (C=O) groups excluding carboxylic acids is 1. The Balaban J connectivity index is 2.11. The predicted octanol–water partition coefficient (Wildman–Crippen LogP) is 0.760. The zero-order chi connectivity index (χ0) is 17.2. The zero-order valence-corrected chi connectivity index (χ0v) is 14.6. The van der Waals surface area contributed by atoms with Gasteiger partial charge in [0.2, 0.25) is 15.9 Å². The molecule has 0 bridgehead atoms. The summed E-state index contributed by atoms with van der Waals surface area (Å²) in [6.07, 6.45) is 2.51. The molecule has 23 heavy (non-hydrogen) atoms. The van der Waals surface area contributed by atoms with Crippen molar-refractivity contribution in [1.82, 2.24) is 9.21 Å². The SMILES string of the molecule is CCS(=O)(=O)N1CCCC(C(=O)N2CCC(C)CC2C(=O)O)C1. The van der Waals surface area contributed by atoms with Gasteiger partial charge in [0.15, 0.2) is 0 Å². The van der Waals surface area contributed by atoms with Gasteiger partial charge in [-0.05, 0) is 38.5 Å². The molecule has 2 aliphatic heterocycles. The highest BCUT2D eigenvalue weighted by Crippen LogP contribution is 2.27. The van der Waals surface area contributed by atoms with Crippen LogP contribution < -0.4 is 0 Å². The first-order chi connectivity index (χ1) is 10.8. The van der Waals surface area contributed by atoms with E-state index in [9.17, 15) is 23.1 Å². The Hall–Kier alpha value is -1.15. The number of carbonyl (C=O) groups is 2. The number of carboxylic acid groups (broad SMARTS) is 1. The van der Waals surface area contributed by atoms with Crippen molar-refractivity contribution in [2.75, 3.05) is 25.4 Å². The van der Waals surface area contributed by atoms with E-state index in [1.165, 1.54) is 9.21 Å². The Morgan fingerprint density at radius 3 is 2.52 bits per heavy atom. The molecule has 2 heterocycles. The second-order valence-corrected chi connectivity index (χ2v) is 8.87. The van der Waals surface area contributed by atoms with Gasteiger partial charge in [0.05, 0.1) is 11.7 Å². The fourth-order valence-electron chi connectivity index (χ4n) is 3.45. The first kappa shape index (κ1) is 18.2. The van der Waals surface area contributed by atoms with E-state index < -0.39 is 28.0 Å². The van der Waals surface area contributed by atoms with E-state index in [0.29, 0.717) is 32.4 Å². The Labute approximate surface area is 137 Å². The van der Waals surface area contributed by atoms with Crippen molar-refractivity contribution >= 4 is 21.9 Å². The van der Waals surface area contributed by atoms with Gasteiger partial charge in [0.1, 0.15) is 6.04 Å². The largest absolute Gasteiger partial charge is 0.480 e. The van der Waals surface area contributed by atoms with Gasteiger partial charge in [-0.1, -0.05) is 6.92 Å². The van der Waals surface area contributed by atoms with Crippen molar-refractivity contribution in [2.24, 2.45) is 11.8 Å². The Morgan fingerprint density at radius 2 is 1.91 bits per heavy atom. The summed E-state index contributed by atoms with van der Waals surface area (Å²) in [5.41, 5.74) is 0. The lowest BCUT2D eigenvalue weighted by Gasteiger charge is -2.40.